The van der Waals surface area contributed by atoms with Crippen LogP contribution in [0.3, 0.4) is 0 Å². The third kappa shape index (κ3) is 1.97. The van der Waals surface area contributed by atoms with Crippen LogP contribution in [0.25, 0.3) is 0 Å². The summed E-state index contributed by atoms with van der Waals surface area (Å²) in [6.07, 6.45) is -0.173. The Bertz CT molecular complexity index is 310. The van der Waals surface area contributed by atoms with Gasteiger partial charge in [0.05, 0.1) is 0 Å². The highest BCUT2D eigenvalue weighted by atomic mass is 16.4. The molecule has 92 valence electrons. The van der Waals surface area contributed by atoms with Crippen molar-refractivity contribution in [1.29, 1.82) is 0 Å². The summed E-state index contributed by atoms with van der Waals surface area (Å²) in [4.78, 5) is 22.3. The number of amides is 1. The molecule has 0 bridgehead atoms. The molecule has 1 aliphatic heterocycles. The van der Waals surface area contributed by atoms with Gasteiger partial charge in [0.2, 0.25) is 0 Å². The summed E-state index contributed by atoms with van der Waals surface area (Å²) < 4.78 is 0. The second kappa shape index (κ2) is 3.93. The number of hydrogen-bond donors (Lipinski definition) is 3. The number of nitrogens with zero attached hydrogens (tertiary/aromatic N) is 1. The Morgan fingerprint density at radius 3 is 2.25 bits per heavy atom. The van der Waals surface area contributed by atoms with Crippen LogP contribution in [0.4, 0.5) is 4.79 Å². The number of carboxylic acid groups (broad SMARTS) is 2. The summed E-state index contributed by atoms with van der Waals surface area (Å²) >= 11 is 0. The van der Waals surface area contributed by atoms with E-state index in [0.717, 1.165) is 5.01 Å². The predicted octanol–water partition coefficient (Wildman–Crippen LogP) is 1.13. The standard InChI is InChI=1S/C10H18N2O4/c1-9(2,3)10(7(13)14)5-4-6-12(11-10)8(15)16/h11H,4-6H2,1-3H3,(H,13,14)(H,15,16)/t10-/m1/s1. The van der Waals surface area contributed by atoms with Gasteiger partial charge in [0.25, 0.3) is 0 Å². The van der Waals surface area contributed by atoms with Crippen molar-refractivity contribution in [3.05, 3.63) is 0 Å². The average molecular weight is 230 g/mol. The van der Waals surface area contributed by atoms with Gasteiger partial charge < -0.3 is 10.2 Å². The van der Waals surface area contributed by atoms with E-state index in [9.17, 15) is 14.7 Å². The van der Waals surface area contributed by atoms with Crippen LogP contribution in [0.15, 0.2) is 0 Å². The molecule has 6 nitrogen and oxygen atoms in total. The van der Waals surface area contributed by atoms with Gasteiger partial charge >= 0.3 is 12.1 Å². The maximum Gasteiger partial charge on any atom is 0.421 e. The SMILES string of the molecule is CC(C)(C)[C@]1(C(=O)O)CCCN(C(=O)O)N1. The summed E-state index contributed by atoms with van der Waals surface area (Å²) in [5.41, 5.74) is 0.859. The smallest absolute Gasteiger partial charge is 0.421 e. The molecule has 1 amide bonds. The average Bonchev–Trinajstić information content (AvgIpc) is 2.15. The second-order valence-corrected chi connectivity index (χ2v) is 5.11. The molecule has 1 rings (SSSR count). The van der Waals surface area contributed by atoms with Crippen molar-refractivity contribution in [3.8, 4) is 0 Å². The van der Waals surface area contributed by atoms with Crippen molar-refractivity contribution in [2.75, 3.05) is 6.54 Å². The van der Waals surface area contributed by atoms with E-state index in [1.165, 1.54) is 0 Å². The van der Waals surface area contributed by atoms with Crippen LogP contribution in [0, 0.1) is 5.41 Å². The molecule has 0 radical (unpaired) electrons. The van der Waals surface area contributed by atoms with Gasteiger partial charge in [0, 0.05) is 6.54 Å². The zero-order valence-electron chi connectivity index (χ0n) is 9.78. The van der Waals surface area contributed by atoms with Gasteiger partial charge in [0.1, 0.15) is 5.54 Å². The molecule has 16 heavy (non-hydrogen) atoms. The van der Waals surface area contributed by atoms with Crippen molar-refractivity contribution < 1.29 is 19.8 Å². The molecule has 1 atom stereocenters. The van der Waals surface area contributed by atoms with Crippen LogP contribution >= 0.6 is 0 Å². The first-order valence-corrected chi connectivity index (χ1v) is 5.22. The number of carboxylic acids is 1. The van der Waals surface area contributed by atoms with Gasteiger partial charge in [-0.05, 0) is 18.3 Å². The van der Waals surface area contributed by atoms with E-state index in [1.54, 1.807) is 20.8 Å². The fourth-order valence-electron chi connectivity index (χ4n) is 2.01. The first-order chi connectivity index (χ1) is 7.21. The number of hydrazine groups is 1. The highest BCUT2D eigenvalue weighted by Crippen LogP contribution is 2.37. The molecule has 1 aliphatic rings. The monoisotopic (exact) mass is 230 g/mol. The van der Waals surface area contributed by atoms with Crippen LogP contribution < -0.4 is 5.43 Å². The Morgan fingerprint density at radius 2 is 1.88 bits per heavy atom. The highest BCUT2D eigenvalue weighted by Gasteiger charge is 2.51. The first kappa shape index (κ1) is 12.8. The normalized spacial score (nSPS) is 26.6. The number of carbonyl (C=O) groups is 2. The lowest BCUT2D eigenvalue weighted by atomic mass is 9.70. The minimum Gasteiger partial charge on any atom is -0.480 e. The van der Waals surface area contributed by atoms with E-state index in [1.807, 2.05) is 0 Å². The van der Waals surface area contributed by atoms with Crippen molar-refractivity contribution in [1.82, 2.24) is 10.4 Å². The Morgan fingerprint density at radius 1 is 1.31 bits per heavy atom. The van der Waals surface area contributed by atoms with Crippen LogP contribution in [0.5, 0.6) is 0 Å². The Kier molecular flexibility index (Phi) is 3.14. The molecule has 1 saturated heterocycles. The molecule has 0 aromatic rings. The lowest BCUT2D eigenvalue weighted by molar-refractivity contribution is -0.156. The van der Waals surface area contributed by atoms with Crippen molar-refractivity contribution in [3.63, 3.8) is 0 Å². The van der Waals surface area contributed by atoms with E-state index >= 15 is 0 Å². The fraction of sp³-hybridized carbons (Fsp3) is 0.800. The summed E-state index contributed by atoms with van der Waals surface area (Å²) in [7, 11) is 0. The lowest BCUT2D eigenvalue weighted by Crippen LogP contribution is -2.69. The molecule has 0 saturated carbocycles. The molecule has 1 fully saturated rings. The number of rotatable bonds is 1. The van der Waals surface area contributed by atoms with Crippen molar-refractivity contribution in [2.24, 2.45) is 5.41 Å². The van der Waals surface area contributed by atoms with E-state index in [-0.39, 0.29) is 0 Å². The summed E-state index contributed by atoms with van der Waals surface area (Å²) in [6.45, 7) is 5.69. The van der Waals surface area contributed by atoms with Gasteiger partial charge in [-0.3, -0.25) is 4.79 Å². The summed E-state index contributed by atoms with van der Waals surface area (Å²) in [5, 5.41) is 19.2. The Balaban J connectivity index is 3.03. The minimum absolute atomic E-state index is 0.320. The maximum atomic E-state index is 11.4. The zero-order chi connectivity index (χ0) is 12.6. The third-order valence-corrected chi connectivity index (χ3v) is 3.14. The van der Waals surface area contributed by atoms with Crippen molar-refractivity contribution >= 4 is 12.1 Å². The topological polar surface area (TPSA) is 89.9 Å². The van der Waals surface area contributed by atoms with E-state index in [4.69, 9.17) is 5.11 Å². The summed E-state index contributed by atoms with van der Waals surface area (Å²) in [6, 6.07) is 0. The van der Waals surface area contributed by atoms with Gasteiger partial charge in [-0.25, -0.2) is 15.2 Å². The van der Waals surface area contributed by atoms with Gasteiger partial charge in [-0.2, -0.15) is 0 Å². The largest absolute Gasteiger partial charge is 0.480 e. The number of hydrogen-bond acceptors (Lipinski definition) is 3. The van der Waals surface area contributed by atoms with Gasteiger partial charge in [0.15, 0.2) is 0 Å². The van der Waals surface area contributed by atoms with E-state index in [0.29, 0.717) is 19.4 Å². The molecule has 3 N–H and O–H groups in total. The van der Waals surface area contributed by atoms with Gasteiger partial charge in [-0.1, -0.05) is 20.8 Å². The van der Waals surface area contributed by atoms with E-state index < -0.39 is 23.0 Å². The van der Waals surface area contributed by atoms with Crippen LogP contribution in [-0.2, 0) is 4.79 Å². The first-order valence-electron chi connectivity index (χ1n) is 5.22. The van der Waals surface area contributed by atoms with Crippen molar-refractivity contribution in [2.45, 2.75) is 39.2 Å². The lowest BCUT2D eigenvalue weighted by Gasteiger charge is -2.47. The Labute approximate surface area is 94.2 Å². The molecular formula is C10H18N2O4. The van der Waals surface area contributed by atoms with Crippen LogP contribution in [0.1, 0.15) is 33.6 Å². The molecule has 0 aromatic heterocycles. The molecule has 1 heterocycles. The quantitative estimate of drug-likeness (QED) is 0.628. The molecule has 6 heteroatoms. The zero-order valence-corrected chi connectivity index (χ0v) is 9.78. The van der Waals surface area contributed by atoms with E-state index in [2.05, 4.69) is 5.43 Å². The van der Waals surface area contributed by atoms with Crippen LogP contribution in [0.2, 0.25) is 0 Å². The molecular weight excluding hydrogens is 212 g/mol. The highest BCUT2D eigenvalue weighted by molar-refractivity contribution is 5.80. The molecule has 0 aromatic carbocycles. The predicted molar refractivity (Wildman–Crippen MR) is 56.9 cm³/mol. The summed E-state index contributed by atoms with van der Waals surface area (Å²) in [5.74, 6) is -1.01. The molecule has 0 aliphatic carbocycles. The number of aliphatic carboxylic acids is 1. The fourth-order valence-corrected chi connectivity index (χ4v) is 2.01. The second-order valence-electron chi connectivity index (χ2n) is 5.11. The van der Waals surface area contributed by atoms with Gasteiger partial charge in [-0.15, -0.1) is 0 Å². The number of nitrogens with one attached hydrogen (secondary N) is 1. The molecule has 0 spiro atoms. The van der Waals surface area contributed by atoms with Crippen LogP contribution in [-0.4, -0.2) is 39.4 Å². The Hall–Kier alpha value is -1.30. The molecule has 0 unspecified atom stereocenters. The maximum absolute atomic E-state index is 11.4. The third-order valence-electron chi connectivity index (χ3n) is 3.14. The minimum atomic E-state index is -1.22.